The van der Waals surface area contributed by atoms with Crippen molar-refractivity contribution in [3.05, 3.63) is 62.6 Å². The summed E-state index contributed by atoms with van der Waals surface area (Å²) in [4.78, 5) is 23.1. The lowest BCUT2D eigenvalue weighted by atomic mass is 10.2. The van der Waals surface area contributed by atoms with Crippen molar-refractivity contribution in [2.24, 2.45) is 0 Å². The lowest BCUT2D eigenvalue weighted by molar-refractivity contribution is -0.384. The summed E-state index contributed by atoms with van der Waals surface area (Å²) in [7, 11) is 1.69. The van der Waals surface area contributed by atoms with Gasteiger partial charge in [-0.3, -0.25) is 10.1 Å². The molecule has 6 nitrogen and oxygen atoms in total. The van der Waals surface area contributed by atoms with Crippen LogP contribution in [0.5, 0.6) is 0 Å². The minimum atomic E-state index is -1.01. The topological polar surface area (TPSA) is 83.7 Å². The fourth-order valence-corrected chi connectivity index (χ4v) is 2.24. The molecule has 0 fully saturated rings. The van der Waals surface area contributed by atoms with Crippen LogP contribution in [-0.2, 0) is 0 Å². The highest BCUT2D eigenvalue weighted by atomic mass is 79.9. The predicted molar refractivity (Wildman–Crippen MR) is 82.3 cm³/mol. The smallest absolute Gasteiger partial charge is 0.335 e. The van der Waals surface area contributed by atoms with Gasteiger partial charge >= 0.3 is 5.97 Å². The van der Waals surface area contributed by atoms with Gasteiger partial charge in [-0.25, -0.2) is 4.79 Å². The molecule has 21 heavy (non-hydrogen) atoms. The zero-order valence-electron chi connectivity index (χ0n) is 11.0. The molecule has 0 amide bonds. The van der Waals surface area contributed by atoms with Crippen LogP contribution in [0.1, 0.15) is 10.4 Å². The summed E-state index contributed by atoms with van der Waals surface area (Å²) in [6.07, 6.45) is 0. The summed E-state index contributed by atoms with van der Waals surface area (Å²) in [5.74, 6) is -1.01. The quantitative estimate of drug-likeness (QED) is 0.669. The molecule has 0 saturated heterocycles. The number of carboxylic acids is 1. The van der Waals surface area contributed by atoms with Crippen LogP contribution < -0.4 is 4.90 Å². The highest BCUT2D eigenvalue weighted by molar-refractivity contribution is 9.10. The van der Waals surface area contributed by atoms with Crippen LogP contribution >= 0.6 is 15.9 Å². The molecule has 0 aliphatic heterocycles. The molecule has 2 rings (SSSR count). The van der Waals surface area contributed by atoms with E-state index in [-0.39, 0.29) is 11.3 Å². The predicted octanol–water partition coefficient (Wildman–Crippen LogP) is 3.82. The van der Waals surface area contributed by atoms with Gasteiger partial charge in [0.25, 0.3) is 5.69 Å². The van der Waals surface area contributed by atoms with Gasteiger partial charge in [0.2, 0.25) is 0 Å². The molecule has 1 N–H and O–H groups in total. The van der Waals surface area contributed by atoms with Gasteiger partial charge in [0, 0.05) is 23.3 Å². The third-order valence-corrected chi connectivity index (χ3v) is 3.49. The van der Waals surface area contributed by atoms with Crippen molar-refractivity contribution in [1.82, 2.24) is 0 Å². The molecule has 0 aliphatic carbocycles. The van der Waals surface area contributed by atoms with Crippen molar-refractivity contribution >= 4 is 39.0 Å². The van der Waals surface area contributed by atoms with Crippen LogP contribution in [0.15, 0.2) is 46.9 Å². The van der Waals surface area contributed by atoms with Crippen LogP contribution in [0, 0.1) is 10.1 Å². The summed E-state index contributed by atoms with van der Waals surface area (Å²) in [5, 5.41) is 20.0. The Balaban J connectivity index is 2.42. The minimum absolute atomic E-state index is 0.0332. The van der Waals surface area contributed by atoms with E-state index in [1.54, 1.807) is 36.2 Å². The van der Waals surface area contributed by atoms with E-state index in [9.17, 15) is 14.9 Å². The van der Waals surface area contributed by atoms with Crippen molar-refractivity contribution in [3.63, 3.8) is 0 Å². The molecule has 2 aromatic carbocycles. The molecular formula is C14H11BrN2O4. The van der Waals surface area contributed by atoms with Gasteiger partial charge < -0.3 is 10.0 Å². The zero-order chi connectivity index (χ0) is 15.6. The molecule has 108 valence electrons. The molecule has 0 saturated carbocycles. The standard InChI is InChI=1S/C14H11BrN2O4/c1-16(11-5-2-9(3-6-11)14(18)19)12-7-4-10(15)8-13(12)17(20)21/h2-8H,1H3,(H,18,19). The second-order valence-corrected chi connectivity index (χ2v) is 5.22. The Morgan fingerprint density at radius 2 is 1.86 bits per heavy atom. The Kier molecular flexibility index (Phi) is 4.23. The Morgan fingerprint density at radius 3 is 2.38 bits per heavy atom. The first-order valence-corrected chi connectivity index (χ1v) is 6.70. The summed E-state index contributed by atoms with van der Waals surface area (Å²) >= 11 is 3.21. The zero-order valence-corrected chi connectivity index (χ0v) is 12.6. The number of rotatable bonds is 4. The number of carbonyl (C=O) groups is 1. The average Bonchev–Trinajstić information content (AvgIpc) is 2.46. The second kappa shape index (κ2) is 5.92. The Hall–Kier alpha value is -2.41. The fourth-order valence-electron chi connectivity index (χ4n) is 1.89. The SMILES string of the molecule is CN(c1ccc(C(=O)O)cc1)c1ccc(Br)cc1[N+](=O)[O-]. The molecule has 0 bridgehead atoms. The van der Waals surface area contributed by atoms with Gasteiger partial charge in [0.1, 0.15) is 5.69 Å². The summed E-state index contributed by atoms with van der Waals surface area (Å²) in [5.41, 5.74) is 1.21. The number of nitro groups is 1. The molecule has 0 spiro atoms. The molecule has 0 atom stereocenters. The fraction of sp³-hybridized carbons (Fsp3) is 0.0714. The van der Waals surface area contributed by atoms with Crippen molar-refractivity contribution in [2.45, 2.75) is 0 Å². The number of halogens is 1. The van der Waals surface area contributed by atoms with E-state index in [1.807, 2.05) is 0 Å². The third kappa shape index (κ3) is 3.19. The number of hydrogen-bond acceptors (Lipinski definition) is 4. The second-order valence-electron chi connectivity index (χ2n) is 4.30. The Labute approximate surface area is 128 Å². The van der Waals surface area contributed by atoms with E-state index < -0.39 is 10.9 Å². The number of carboxylic acid groups (broad SMARTS) is 1. The van der Waals surface area contributed by atoms with Crippen LogP contribution in [0.25, 0.3) is 0 Å². The first-order chi connectivity index (χ1) is 9.90. The highest BCUT2D eigenvalue weighted by Crippen LogP contribution is 2.34. The Bertz CT molecular complexity index is 701. The lowest BCUT2D eigenvalue weighted by Crippen LogP contribution is -2.11. The van der Waals surface area contributed by atoms with Crippen LogP contribution in [0.2, 0.25) is 0 Å². The summed E-state index contributed by atoms with van der Waals surface area (Å²) < 4.78 is 0.618. The molecule has 7 heteroatoms. The van der Waals surface area contributed by atoms with Crippen LogP contribution in [0.4, 0.5) is 17.1 Å². The maximum Gasteiger partial charge on any atom is 0.335 e. The highest BCUT2D eigenvalue weighted by Gasteiger charge is 2.18. The van der Waals surface area contributed by atoms with Crippen molar-refractivity contribution in [3.8, 4) is 0 Å². The molecule has 0 aromatic heterocycles. The van der Waals surface area contributed by atoms with Crippen molar-refractivity contribution < 1.29 is 14.8 Å². The summed E-state index contributed by atoms with van der Waals surface area (Å²) in [6.45, 7) is 0. The molecule has 0 aliphatic rings. The number of nitrogens with zero attached hydrogens (tertiary/aromatic N) is 2. The average molecular weight is 351 g/mol. The third-order valence-electron chi connectivity index (χ3n) is 3.00. The molecular weight excluding hydrogens is 340 g/mol. The van der Waals surface area contributed by atoms with Crippen LogP contribution in [-0.4, -0.2) is 23.0 Å². The van der Waals surface area contributed by atoms with E-state index in [2.05, 4.69) is 15.9 Å². The van der Waals surface area contributed by atoms with Crippen molar-refractivity contribution in [1.29, 1.82) is 0 Å². The van der Waals surface area contributed by atoms with E-state index >= 15 is 0 Å². The lowest BCUT2D eigenvalue weighted by Gasteiger charge is -2.19. The molecule has 0 heterocycles. The maximum atomic E-state index is 11.1. The van der Waals surface area contributed by atoms with E-state index in [4.69, 9.17) is 5.11 Å². The normalized spacial score (nSPS) is 10.2. The summed E-state index contributed by atoms with van der Waals surface area (Å²) in [6, 6.07) is 10.9. The molecule has 2 aromatic rings. The van der Waals surface area contributed by atoms with Crippen LogP contribution in [0.3, 0.4) is 0 Å². The van der Waals surface area contributed by atoms with Gasteiger partial charge in [-0.05, 0) is 36.4 Å². The largest absolute Gasteiger partial charge is 0.478 e. The Morgan fingerprint density at radius 1 is 1.24 bits per heavy atom. The number of benzene rings is 2. The minimum Gasteiger partial charge on any atom is -0.478 e. The number of hydrogen-bond donors (Lipinski definition) is 1. The number of nitro benzene ring substituents is 1. The molecule has 0 radical (unpaired) electrons. The first kappa shape index (κ1) is 15.0. The van der Waals surface area contributed by atoms with Gasteiger partial charge in [-0.1, -0.05) is 15.9 Å². The monoisotopic (exact) mass is 350 g/mol. The van der Waals surface area contributed by atoms with E-state index in [1.165, 1.54) is 18.2 Å². The van der Waals surface area contributed by atoms with Gasteiger partial charge in [-0.15, -0.1) is 0 Å². The van der Waals surface area contributed by atoms with Gasteiger partial charge in [0.15, 0.2) is 0 Å². The van der Waals surface area contributed by atoms with E-state index in [0.717, 1.165) is 0 Å². The molecule has 0 unspecified atom stereocenters. The van der Waals surface area contributed by atoms with Crippen molar-refractivity contribution in [2.75, 3.05) is 11.9 Å². The van der Waals surface area contributed by atoms with E-state index in [0.29, 0.717) is 15.8 Å². The van der Waals surface area contributed by atoms with Gasteiger partial charge in [0.05, 0.1) is 10.5 Å². The number of anilines is 2. The maximum absolute atomic E-state index is 11.1. The number of aromatic carboxylic acids is 1. The van der Waals surface area contributed by atoms with Gasteiger partial charge in [-0.2, -0.15) is 0 Å². The first-order valence-electron chi connectivity index (χ1n) is 5.91.